The van der Waals surface area contributed by atoms with Crippen molar-refractivity contribution in [3.8, 4) is 0 Å². The van der Waals surface area contributed by atoms with Crippen molar-refractivity contribution in [2.75, 3.05) is 6.54 Å². The van der Waals surface area contributed by atoms with Crippen molar-refractivity contribution < 1.29 is 19.1 Å². The van der Waals surface area contributed by atoms with Gasteiger partial charge in [0.05, 0.1) is 5.56 Å². The predicted octanol–water partition coefficient (Wildman–Crippen LogP) is 2.06. The number of amides is 1. The summed E-state index contributed by atoms with van der Waals surface area (Å²) in [6.07, 6.45) is 4.59. The van der Waals surface area contributed by atoms with Gasteiger partial charge in [0, 0.05) is 6.54 Å². The Morgan fingerprint density at radius 2 is 2.17 bits per heavy atom. The van der Waals surface area contributed by atoms with Crippen LogP contribution in [0.25, 0.3) is 0 Å². The molecule has 5 heteroatoms. The number of rotatable bonds is 2. The highest BCUT2D eigenvalue weighted by Gasteiger charge is 2.31. The maximum Gasteiger partial charge on any atom is 0.326 e. The van der Waals surface area contributed by atoms with Gasteiger partial charge in [0.25, 0.3) is 5.91 Å². The van der Waals surface area contributed by atoms with Crippen molar-refractivity contribution in [2.24, 2.45) is 0 Å². The Morgan fingerprint density at radius 3 is 2.78 bits per heavy atom. The lowest BCUT2D eigenvalue weighted by Crippen LogP contribution is -2.44. The summed E-state index contributed by atoms with van der Waals surface area (Å²) in [5.41, 5.74) is 0.431. The zero-order valence-corrected chi connectivity index (χ0v) is 10.4. The summed E-state index contributed by atoms with van der Waals surface area (Å²) < 4.78 is 5.11. The molecule has 0 bridgehead atoms. The smallest absolute Gasteiger partial charge is 0.326 e. The summed E-state index contributed by atoms with van der Waals surface area (Å²) in [6.45, 7) is 2.26. The molecule has 1 saturated heterocycles. The lowest BCUT2D eigenvalue weighted by molar-refractivity contribution is -0.142. The second kappa shape index (κ2) is 5.25. The maximum atomic E-state index is 12.3. The van der Waals surface area contributed by atoms with E-state index in [1.54, 1.807) is 13.0 Å². The van der Waals surface area contributed by atoms with Gasteiger partial charge in [0.2, 0.25) is 0 Å². The van der Waals surface area contributed by atoms with Crippen LogP contribution in [0, 0.1) is 6.92 Å². The molecule has 1 aliphatic rings. The van der Waals surface area contributed by atoms with Crippen LogP contribution in [-0.4, -0.2) is 34.5 Å². The Balaban J connectivity index is 2.22. The third-order valence-electron chi connectivity index (χ3n) is 3.28. The summed E-state index contributed by atoms with van der Waals surface area (Å²) in [5.74, 6) is -0.522. The zero-order valence-electron chi connectivity index (χ0n) is 10.4. The first kappa shape index (κ1) is 12.7. The van der Waals surface area contributed by atoms with Crippen molar-refractivity contribution in [1.82, 2.24) is 4.90 Å². The lowest BCUT2D eigenvalue weighted by atomic mass is 10.1. The number of aryl methyl sites for hydroxylation is 1. The lowest BCUT2D eigenvalue weighted by Gasteiger charge is -2.26. The van der Waals surface area contributed by atoms with E-state index in [1.165, 1.54) is 11.2 Å². The minimum Gasteiger partial charge on any atom is -0.480 e. The molecule has 1 aromatic rings. The Morgan fingerprint density at radius 1 is 1.39 bits per heavy atom. The molecule has 98 valence electrons. The third-order valence-corrected chi connectivity index (χ3v) is 3.28. The van der Waals surface area contributed by atoms with Crippen LogP contribution in [-0.2, 0) is 4.79 Å². The molecule has 18 heavy (non-hydrogen) atoms. The highest BCUT2D eigenvalue weighted by atomic mass is 16.4. The molecule has 1 fully saturated rings. The fraction of sp³-hybridized carbons (Fsp3) is 0.538. The van der Waals surface area contributed by atoms with Gasteiger partial charge in [0.15, 0.2) is 0 Å². The molecule has 0 spiro atoms. The normalized spacial score (nSPS) is 20.5. The van der Waals surface area contributed by atoms with Crippen LogP contribution >= 0.6 is 0 Å². The van der Waals surface area contributed by atoms with Crippen LogP contribution in [0.1, 0.15) is 41.8 Å². The van der Waals surface area contributed by atoms with E-state index in [0.29, 0.717) is 24.3 Å². The first-order valence-corrected chi connectivity index (χ1v) is 6.18. The standard InChI is InChI=1S/C13H17NO4/c1-9-7-10(8-18-9)12(15)14-6-4-2-3-5-11(14)13(16)17/h7-8,11H,2-6H2,1H3,(H,16,17). The van der Waals surface area contributed by atoms with Crippen LogP contribution in [0.2, 0.25) is 0 Å². The number of furan rings is 1. The van der Waals surface area contributed by atoms with Gasteiger partial charge in [-0.15, -0.1) is 0 Å². The van der Waals surface area contributed by atoms with Crippen molar-refractivity contribution in [3.05, 3.63) is 23.7 Å². The molecule has 1 unspecified atom stereocenters. The number of hydrogen-bond donors (Lipinski definition) is 1. The van der Waals surface area contributed by atoms with Crippen LogP contribution < -0.4 is 0 Å². The van der Waals surface area contributed by atoms with Crippen molar-refractivity contribution in [3.63, 3.8) is 0 Å². The molecular formula is C13H17NO4. The highest BCUT2D eigenvalue weighted by molar-refractivity contribution is 5.96. The Bertz CT molecular complexity index is 452. The van der Waals surface area contributed by atoms with Gasteiger partial charge in [-0.2, -0.15) is 0 Å². The van der Waals surface area contributed by atoms with Gasteiger partial charge in [-0.1, -0.05) is 12.8 Å². The molecule has 0 aliphatic carbocycles. The van der Waals surface area contributed by atoms with Crippen LogP contribution in [0.4, 0.5) is 0 Å². The van der Waals surface area contributed by atoms with Gasteiger partial charge >= 0.3 is 5.97 Å². The molecule has 0 radical (unpaired) electrons. The summed E-state index contributed by atoms with van der Waals surface area (Å²) in [5, 5.41) is 9.22. The summed E-state index contributed by atoms with van der Waals surface area (Å²) in [7, 11) is 0. The van der Waals surface area contributed by atoms with E-state index in [2.05, 4.69) is 0 Å². The van der Waals surface area contributed by atoms with Gasteiger partial charge in [-0.3, -0.25) is 4.79 Å². The van der Waals surface area contributed by atoms with E-state index in [9.17, 15) is 14.7 Å². The maximum absolute atomic E-state index is 12.3. The number of carbonyl (C=O) groups excluding carboxylic acids is 1. The number of carbonyl (C=O) groups is 2. The number of nitrogens with zero attached hydrogens (tertiary/aromatic N) is 1. The molecule has 1 aliphatic heterocycles. The van der Waals surface area contributed by atoms with Gasteiger partial charge in [-0.25, -0.2) is 4.79 Å². The predicted molar refractivity (Wildman–Crippen MR) is 64.4 cm³/mol. The zero-order chi connectivity index (χ0) is 13.1. The molecule has 0 aromatic carbocycles. The van der Waals surface area contributed by atoms with Gasteiger partial charge in [-0.05, 0) is 25.8 Å². The molecule has 1 amide bonds. The van der Waals surface area contributed by atoms with Gasteiger partial charge < -0.3 is 14.4 Å². The summed E-state index contributed by atoms with van der Waals surface area (Å²) >= 11 is 0. The Labute approximate surface area is 105 Å². The van der Waals surface area contributed by atoms with Crippen molar-refractivity contribution >= 4 is 11.9 Å². The van der Waals surface area contributed by atoms with Crippen LogP contribution in [0.5, 0.6) is 0 Å². The monoisotopic (exact) mass is 251 g/mol. The average molecular weight is 251 g/mol. The first-order chi connectivity index (χ1) is 8.59. The number of carboxylic acid groups (broad SMARTS) is 1. The second-order valence-electron chi connectivity index (χ2n) is 4.65. The molecule has 1 atom stereocenters. The van der Waals surface area contributed by atoms with E-state index < -0.39 is 12.0 Å². The fourth-order valence-electron chi connectivity index (χ4n) is 2.33. The first-order valence-electron chi connectivity index (χ1n) is 6.18. The third kappa shape index (κ3) is 2.55. The van der Waals surface area contributed by atoms with Crippen LogP contribution in [0.15, 0.2) is 16.7 Å². The summed E-state index contributed by atoms with van der Waals surface area (Å²) in [6, 6.07) is 0.932. The molecule has 1 N–H and O–H groups in total. The highest BCUT2D eigenvalue weighted by Crippen LogP contribution is 2.20. The van der Waals surface area contributed by atoms with Gasteiger partial charge in [0.1, 0.15) is 18.1 Å². The molecule has 0 saturated carbocycles. The van der Waals surface area contributed by atoms with E-state index in [1.807, 2.05) is 0 Å². The number of carboxylic acids is 1. The van der Waals surface area contributed by atoms with E-state index in [0.717, 1.165) is 19.3 Å². The number of hydrogen-bond acceptors (Lipinski definition) is 3. The quantitative estimate of drug-likeness (QED) is 0.873. The largest absolute Gasteiger partial charge is 0.480 e. The molecular weight excluding hydrogens is 234 g/mol. The minimum atomic E-state index is -0.925. The molecule has 5 nitrogen and oxygen atoms in total. The van der Waals surface area contributed by atoms with E-state index in [4.69, 9.17) is 4.42 Å². The topological polar surface area (TPSA) is 70.8 Å². The average Bonchev–Trinajstić information content (AvgIpc) is 2.63. The Kier molecular flexibility index (Phi) is 3.69. The van der Waals surface area contributed by atoms with Crippen LogP contribution in [0.3, 0.4) is 0 Å². The molecule has 1 aromatic heterocycles. The van der Waals surface area contributed by atoms with E-state index >= 15 is 0 Å². The van der Waals surface area contributed by atoms with Crippen molar-refractivity contribution in [1.29, 1.82) is 0 Å². The number of aliphatic carboxylic acids is 1. The SMILES string of the molecule is Cc1cc(C(=O)N2CCCCCC2C(=O)O)co1. The molecule has 2 heterocycles. The Hall–Kier alpha value is -1.78. The number of likely N-dealkylation sites (tertiary alicyclic amines) is 1. The van der Waals surface area contributed by atoms with E-state index in [-0.39, 0.29) is 5.91 Å². The summed E-state index contributed by atoms with van der Waals surface area (Å²) in [4.78, 5) is 25.0. The minimum absolute atomic E-state index is 0.249. The van der Waals surface area contributed by atoms with Crippen molar-refractivity contribution in [2.45, 2.75) is 38.6 Å². The second-order valence-corrected chi connectivity index (χ2v) is 4.65. The molecule has 2 rings (SSSR count). The fourth-order valence-corrected chi connectivity index (χ4v) is 2.33.